The molecule has 1 aliphatic carbocycles. The van der Waals surface area contributed by atoms with Gasteiger partial charge in [0, 0.05) is 5.57 Å². The Morgan fingerprint density at radius 3 is 2.62 bits per heavy atom. The Morgan fingerprint density at radius 1 is 1.14 bits per heavy atom. The second kappa shape index (κ2) is 5.07. The summed E-state index contributed by atoms with van der Waals surface area (Å²) >= 11 is 12.0. The first-order valence-electron chi connectivity index (χ1n) is 6.08. The first-order valence-corrected chi connectivity index (χ1v) is 6.83. The van der Waals surface area contributed by atoms with Crippen molar-refractivity contribution in [1.29, 1.82) is 0 Å². The molecule has 0 amide bonds. The number of oxazole rings is 1. The molecule has 1 heterocycles. The van der Waals surface area contributed by atoms with Crippen molar-refractivity contribution in [3.63, 3.8) is 0 Å². The molecule has 1 aromatic carbocycles. The highest BCUT2D eigenvalue weighted by Crippen LogP contribution is 2.38. The van der Waals surface area contributed by atoms with E-state index in [4.69, 9.17) is 27.6 Å². The molecule has 110 valence electrons. The quantitative estimate of drug-likeness (QED) is 0.684. The number of nitrogens with zero attached hydrogens (tertiary/aromatic N) is 1. The molecule has 0 saturated heterocycles. The van der Waals surface area contributed by atoms with Crippen LogP contribution in [0.4, 0.5) is 13.2 Å². The number of aromatic nitrogens is 1. The van der Waals surface area contributed by atoms with Crippen LogP contribution in [-0.4, -0.2) is 11.2 Å². The van der Waals surface area contributed by atoms with Crippen LogP contribution in [0.15, 0.2) is 28.2 Å². The molecule has 0 atom stereocenters. The third kappa shape index (κ3) is 2.68. The van der Waals surface area contributed by atoms with Crippen molar-refractivity contribution in [2.24, 2.45) is 0 Å². The zero-order valence-corrected chi connectivity index (χ0v) is 12.0. The van der Waals surface area contributed by atoms with E-state index in [-0.39, 0.29) is 29.5 Å². The van der Waals surface area contributed by atoms with E-state index >= 15 is 0 Å². The number of allylic oxidation sites excluding steroid dienone is 1. The maximum Gasteiger partial charge on any atom is 0.412 e. The third-order valence-corrected chi connectivity index (χ3v) is 4.03. The van der Waals surface area contributed by atoms with Crippen molar-refractivity contribution in [3.8, 4) is 11.5 Å². The lowest BCUT2D eigenvalue weighted by Crippen LogP contribution is -2.15. The van der Waals surface area contributed by atoms with Gasteiger partial charge in [0.15, 0.2) is 5.76 Å². The number of hydrogen-bond acceptors (Lipinski definition) is 2. The smallest absolute Gasteiger partial charge is 0.412 e. The van der Waals surface area contributed by atoms with Crippen LogP contribution in [-0.2, 0) is 6.42 Å². The number of rotatable bonds is 1. The van der Waals surface area contributed by atoms with Gasteiger partial charge in [-0.15, -0.1) is 0 Å². The van der Waals surface area contributed by atoms with Crippen molar-refractivity contribution >= 4 is 29.3 Å². The van der Waals surface area contributed by atoms with Gasteiger partial charge in [0.25, 0.3) is 0 Å². The average molecular weight is 334 g/mol. The summed E-state index contributed by atoms with van der Waals surface area (Å²) in [7, 11) is 0. The van der Waals surface area contributed by atoms with Crippen molar-refractivity contribution in [2.75, 3.05) is 0 Å². The zero-order valence-electron chi connectivity index (χ0n) is 10.5. The van der Waals surface area contributed by atoms with Crippen LogP contribution in [0.3, 0.4) is 0 Å². The lowest BCUT2D eigenvalue weighted by atomic mass is 10.0. The predicted molar refractivity (Wildman–Crippen MR) is 74.3 cm³/mol. The number of aryl methyl sites for hydroxylation is 1. The molecular weight excluding hydrogens is 326 g/mol. The molecule has 1 aliphatic rings. The van der Waals surface area contributed by atoms with Crippen LogP contribution < -0.4 is 0 Å². The number of hydrogen-bond donors (Lipinski definition) is 0. The number of benzene rings is 1. The van der Waals surface area contributed by atoms with Gasteiger partial charge in [-0.2, -0.15) is 13.2 Å². The molecule has 0 N–H and O–H groups in total. The van der Waals surface area contributed by atoms with Crippen molar-refractivity contribution in [3.05, 3.63) is 45.3 Å². The van der Waals surface area contributed by atoms with E-state index in [0.717, 1.165) is 6.08 Å². The fraction of sp³-hybridized carbons (Fsp3) is 0.214. The molecule has 0 aliphatic heterocycles. The summed E-state index contributed by atoms with van der Waals surface area (Å²) in [6, 6.07) is 4.93. The van der Waals surface area contributed by atoms with E-state index in [2.05, 4.69) is 4.98 Å². The Balaban J connectivity index is 2.05. The number of halogens is 5. The van der Waals surface area contributed by atoms with Gasteiger partial charge in [-0.25, -0.2) is 4.98 Å². The lowest BCUT2D eigenvalue weighted by Gasteiger charge is -2.13. The van der Waals surface area contributed by atoms with Crippen LogP contribution in [0, 0.1) is 0 Å². The molecule has 0 unspecified atom stereocenters. The van der Waals surface area contributed by atoms with Gasteiger partial charge in [-0.05, 0) is 31.1 Å². The highest BCUT2D eigenvalue weighted by Gasteiger charge is 2.36. The van der Waals surface area contributed by atoms with Gasteiger partial charge in [0.2, 0.25) is 5.89 Å². The molecule has 0 spiro atoms. The fourth-order valence-corrected chi connectivity index (χ4v) is 2.53. The zero-order chi connectivity index (χ0) is 15.2. The van der Waals surface area contributed by atoms with Gasteiger partial charge in [-0.3, -0.25) is 0 Å². The molecule has 0 radical (unpaired) electrons. The van der Waals surface area contributed by atoms with E-state index in [1.165, 1.54) is 0 Å². The normalized spacial score (nSPS) is 14.8. The molecule has 2 nitrogen and oxygen atoms in total. The standard InChI is InChI=1S/C14H8Cl2F3NO/c15-9-3-1-2-8(12(9)16)13-20-10-5-4-7(14(17,18)19)6-11(10)21-13/h1-3,6H,4-5H2. The van der Waals surface area contributed by atoms with E-state index in [0.29, 0.717) is 16.3 Å². The number of fused-ring (bicyclic) bond motifs is 1. The molecular formula is C14H8Cl2F3NO. The predicted octanol–water partition coefficient (Wildman–Crippen LogP) is 5.54. The Morgan fingerprint density at radius 2 is 1.90 bits per heavy atom. The van der Waals surface area contributed by atoms with Crippen molar-refractivity contribution in [2.45, 2.75) is 19.0 Å². The van der Waals surface area contributed by atoms with Gasteiger partial charge >= 0.3 is 6.18 Å². The summed E-state index contributed by atoms with van der Waals surface area (Å²) in [6.45, 7) is 0. The third-order valence-electron chi connectivity index (χ3n) is 3.21. The van der Waals surface area contributed by atoms with Crippen LogP contribution in [0.1, 0.15) is 17.9 Å². The van der Waals surface area contributed by atoms with E-state index in [9.17, 15) is 13.2 Å². The highest BCUT2D eigenvalue weighted by molar-refractivity contribution is 6.43. The van der Waals surface area contributed by atoms with Crippen molar-refractivity contribution < 1.29 is 17.6 Å². The minimum absolute atomic E-state index is 0.105. The molecule has 21 heavy (non-hydrogen) atoms. The Bertz CT molecular complexity index is 734. The second-order valence-electron chi connectivity index (χ2n) is 4.60. The SMILES string of the molecule is FC(F)(F)C1=Cc2oc(-c3cccc(Cl)c3Cl)nc2CC1. The lowest BCUT2D eigenvalue weighted by molar-refractivity contribution is -0.0932. The maximum atomic E-state index is 12.7. The Labute approximate surface area is 128 Å². The largest absolute Gasteiger partial charge is 0.436 e. The Kier molecular flexibility index (Phi) is 3.50. The number of alkyl halides is 3. The van der Waals surface area contributed by atoms with Crippen LogP contribution in [0.5, 0.6) is 0 Å². The summed E-state index contributed by atoms with van der Waals surface area (Å²) in [5.41, 5.74) is 0.337. The van der Waals surface area contributed by atoms with E-state index < -0.39 is 11.7 Å². The molecule has 0 fully saturated rings. The highest BCUT2D eigenvalue weighted by atomic mass is 35.5. The van der Waals surface area contributed by atoms with Gasteiger partial charge in [-0.1, -0.05) is 29.3 Å². The topological polar surface area (TPSA) is 26.0 Å². The summed E-state index contributed by atoms with van der Waals surface area (Å²) in [5.74, 6) is 0.298. The first-order chi connectivity index (χ1) is 9.86. The minimum atomic E-state index is -4.35. The summed E-state index contributed by atoms with van der Waals surface area (Å²) in [4.78, 5) is 4.22. The maximum absolute atomic E-state index is 12.7. The average Bonchev–Trinajstić information content (AvgIpc) is 2.83. The van der Waals surface area contributed by atoms with Crippen LogP contribution in [0.25, 0.3) is 17.5 Å². The molecule has 2 aromatic rings. The van der Waals surface area contributed by atoms with E-state index in [1.54, 1.807) is 18.2 Å². The molecule has 1 aromatic heterocycles. The summed E-state index contributed by atoms with van der Waals surface area (Å²) in [5, 5.41) is 0.592. The second-order valence-corrected chi connectivity index (χ2v) is 5.38. The first kappa shape index (κ1) is 14.5. The van der Waals surface area contributed by atoms with Gasteiger partial charge < -0.3 is 4.42 Å². The monoisotopic (exact) mass is 333 g/mol. The van der Waals surface area contributed by atoms with Gasteiger partial charge in [0.05, 0.1) is 21.3 Å². The van der Waals surface area contributed by atoms with Crippen LogP contribution in [0.2, 0.25) is 10.0 Å². The Hall–Kier alpha value is -1.46. The molecule has 0 saturated carbocycles. The van der Waals surface area contributed by atoms with Gasteiger partial charge in [0.1, 0.15) is 0 Å². The molecule has 3 rings (SSSR count). The molecule has 7 heteroatoms. The van der Waals surface area contributed by atoms with Crippen molar-refractivity contribution in [1.82, 2.24) is 4.98 Å². The molecule has 0 bridgehead atoms. The summed E-state index contributed by atoms with van der Waals surface area (Å²) < 4.78 is 43.6. The minimum Gasteiger partial charge on any atom is -0.436 e. The van der Waals surface area contributed by atoms with E-state index in [1.807, 2.05) is 0 Å². The fourth-order valence-electron chi connectivity index (χ4n) is 2.15. The summed E-state index contributed by atoms with van der Waals surface area (Å²) in [6.07, 6.45) is -3.28. The van der Waals surface area contributed by atoms with Crippen LogP contribution >= 0.6 is 23.2 Å².